The Bertz CT molecular complexity index is 1030. The Morgan fingerprint density at radius 3 is 2.27 bits per heavy atom. The molecule has 1 atom stereocenters. The average molecular weight is 453 g/mol. The molecule has 0 spiro atoms. The van der Waals surface area contributed by atoms with Crippen LogP contribution in [0.25, 0.3) is 5.57 Å². The number of allylic oxidation sites excluding steroid dienone is 2. The summed E-state index contributed by atoms with van der Waals surface area (Å²) in [6.07, 6.45) is 0.359. The molecule has 0 N–H and O–H groups in total. The molecule has 1 aliphatic heterocycles. The molecule has 0 amide bonds. The second-order valence-electron chi connectivity index (χ2n) is 9.47. The summed E-state index contributed by atoms with van der Waals surface area (Å²) in [5.74, 6) is -0.169. The van der Waals surface area contributed by atoms with Crippen LogP contribution in [0.15, 0.2) is 43.1 Å². The zero-order valence-electron chi connectivity index (χ0n) is 20.9. The average Bonchev–Trinajstić information content (AvgIpc) is 2.77. The van der Waals surface area contributed by atoms with Crippen LogP contribution in [0.1, 0.15) is 59.0 Å². The Morgan fingerprint density at radius 2 is 1.67 bits per heavy atom. The first kappa shape index (κ1) is 25.2. The van der Waals surface area contributed by atoms with Gasteiger partial charge in [-0.25, -0.2) is 8.78 Å². The van der Waals surface area contributed by atoms with Crippen LogP contribution >= 0.6 is 0 Å². The summed E-state index contributed by atoms with van der Waals surface area (Å²) >= 11 is 0. The smallest absolute Gasteiger partial charge is 0.138 e. The van der Waals surface area contributed by atoms with Gasteiger partial charge in [-0.15, -0.1) is 0 Å². The molecule has 0 saturated carbocycles. The topological polar surface area (TPSA) is 6.48 Å². The van der Waals surface area contributed by atoms with E-state index in [4.69, 9.17) is 0 Å². The number of piperazine rings is 1. The molecule has 0 aromatic heterocycles. The number of alkyl halides is 1. The molecule has 2 nitrogen and oxygen atoms in total. The lowest BCUT2D eigenvalue weighted by Crippen LogP contribution is -2.46. The number of benzene rings is 2. The third kappa shape index (κ3) is 5.73. The molecule has 0 bridgehead atoms. The van der Waals surface area contributed by atoms with Crippen LogP contribution in [0, 0.1) is 26.6 Å². The molecule has 2 aromatic rings. The number of aryl methyl sites for hydroxylation is 2. The molecule has 1 fully saturated rings. The summed E-state index contributed by atoms with van der Waals surface area (Å²) < 4.78 is 29.7. The number of nitrogens with zero attached hydrogens (tertiary/aromatic N) is 2. The lowest BCUT2D eigenvalue weighted by atomic mass is 9.90. The molecule has 33 heavy (non-hydrogen) atoms. The van der Waals surface area contributed by atoms with E-state index >= 15 is 4.39 Å². The Labute approximate surface area is 198 Å². The summed E-state index contributed by atoms with van der Waals surface area (Å²) in [6, 6.07) is 7.47. The first-order chi connectivity index (χ1) is 15.6. The number of hydrogen-bond acceptors (Lipinski definition) is 2. The molecule has 3 rings (SSSR count). The van der Waals surface area contributed by atoms with Gasteiger partial charge in [0.2, 0.25) is 0 Å². The van der Waals surface area contributed by atoms with Crippen LogP contribution < -0.4 is 0 Å². The van der Waals surface area contributed by atoms with Gasteiger partial charge in [-0.2, -0.15) is 0 Å². The molecule has 1 heterocycles. The first-order valence-electron chi connectivity index (χ1n) is 11.9. The van der Waals surface area contributed by atoms with Crippen molar-refractivity contribution in [3.05, 3.63) is 87.9 Å². The highest BCUT2D eigenvalue weighted by Crippen LogP contribution is 2.30. The predicted octanol–water partition coefficient (Wildman–Crippen LogP) is 6.73. The zero-order valence-corrected chi connectivity index (χ0v) is 20.9. The maximum absolute atomic E-state index is 15.4. The van der Waals surface area contributed by atoms with Gasteiger partial charge in [0.25, 0.3) is 0 Å². The molecular formula is C29H38F2N2. The van der Waals surface area contributed by atoms with Crippen LogP contribution in [-0.2, 0) is 12.8 Å². The van der Waals surface area contributed by atoms with Gasteiger partial charge in [0, 0.05) is 44.8 Å². The highest BCUT2D eigenvalue weighted by Gasteiger charge is 2.24. The summed E-state index contributed by atoms with van der Waals surface area (Å²) in [6.45, 7) is 21.9. The third-order valence-electron chi connectivity index (χ3n) is 7.09. The largest absolute Gasteiger partial charge is 0.372 e. The van der Waals surface area contributed by atoms with Gasteiger partial charge in [-0.05, 0) is 79.1 Å². The standard InChI is InChI=1S/C29H38F2N2/c1-8-25-23(7)27(10-9-26(25)19(2)3)29(31)18-32-11-13-33(14-12-32)22(6)17-24-15-20(4)21(5)16-28(24)30/h9-10,15-16,29H,2,6,8,11-14,17-18H2,1,3-5,7H3. The molecule has 2 aromatic carbocycles. The van der Waals surface area contributed by atoms with Gasteiger partial charge < -0.3 is 4.90 Å². The van der Waals surface area contributed by atoms with Gasteiger partial charge in [0.1, 0.15) is 12.0 Å². The minimum absolute atomic E-state index is 0.169. The van der Waals surface area contributed by atoms with E-state index in [9.17, 15) is 4.39 Å². The van der Waals surface area contributed by atoms with E-state index in [0.29, 0.717) is 18.5 Å². The second-order valence-corrected chi connectivity index (χ2v) is 9.47. The van der Waals surface area contributed by atoms with Crippen LogP contribution in [0.5, 0.6) is 0 Å². The van der Waals surface area contributed by atoms with E-state index in [-0.39, 0.29) is 5.82 Å². The molecule has 178 valence electrons. The summed E-state index contributed by atoms with van der Waals surface area (Å²) in [5, 5.41) is 0. The van der Waals surface area contributed by atoms with Crippen LogP contribution in [0.3, 0.4) is 0 Å². The zero-order chi connectivity index (χ0) is 24.3. The van der Waals surface area contributed by atoms with Gasteiger partial charge in [-0.3, -0.25) is 4.90 Å². The van der Waals surface area contributed by atoms with Crippen molar-refractivity contribution >= 4 is 5.57 Å². The highest BCUT2D eigenvalue weighted by molar-refractivity contribution is 5.66. The fourth-order valence-corrected chi connectivity index (χ4v) is 4.85. The van der Waals surface area contributed by atoms with Gasteiger partial charge >= 0.3 is 0 Å². The molecule has 0 aliphatic carbocycles. The Hall–Kier alpha value is -2.46. The quantitative estimate of drug-likeness (QED) is 0.438. The van der Waals surface area contributed by atoms with E-state index in [1.54, 1.807) is 6.07 Å². The molecular weight excluding hydrogens is 414 g/mol. The number of hydrogen-bond donors (Lipinski definition) is 0. The Balaban J connectivity index is 1.59. The van der Waals surface area contributed by atoms with Crippen molar-refractivity contribution in [2.45, 2.75) is 53.6 Å². The predicted molar refractivity (Wildman–Crippen MR) is 136 cm³/mol. The molecule has 1 unspecified atom stereocenters. The number of rotatable bonds is 8. The van der Waals surface area contributed by atoms with Crippen LogP contribution in [0.2, 0.25) is 0 Å². The fourth-order valence-electron chi connectivity index (χ4n) is 4.85. The van der Waals surface area contributed by atoms with E-state index < -0.39 is 6.17 Å². The van der Waals surface area contributed by atoms with Crippen molar-refractivity contribution in [1.82, 2.24) is 9.80 Å². The molecule has 1 saturated heterocycles. The Kier molecular flexibility index (Phi) is 8.12. The monoisotopic (exact) mass is 452 g/mol. The SMILES string of the molecule is C=C(C)c1ccc(C(F)CN2CCN(C(=C)Cc3cc(C)c(C)cc3F)CC2)c(C)c1CC. The molecule has 1 aliphatic rings. The second kappa shape index (κ2) is 10.6. The van der Waals surface area contributed by atoms with E-state index in [1.807, 2.05) is 45.9 Å². The van der Waals surface area contributed by atoms with Crippen molar-refractivity contribution in [2.75, 3.05) is 32.7 Å². The van der Waals surface area contributed by atoms with Crippen molar-refractivity contribution in [3.63, 3.8) is 0 Å². The summed E-state index contributed by atoms with van der Waals surface area (Å²) in [7, 11) is 0. The normalized spacial score (nSPS) is 15.5. The lowest BCUT2D eigenvalue weighted by Gasteiger charge is -2.37. The van der Waals surface area contributed by atoms with Gasteiger partial charge in [0.15, 0.2) is 0 Å². The fraction of sp³-hybridized carbons (Fsp3) is 0.448. The van der Waals surface area contributed by atoms with Crippen LogP contribution in [-0.4, -0.2) is 42.5 Å². The van der Waals surface area contributed by atoms with Crippen molar-refractivity contribution in [3.8, 4) is 0 Å². The van der Waals surface area contributed by atoms with Crippen molar-refractivity contribution in [2.24, 2.45) is 0 Å². The third-order valence-corrected chi connectivity index (χ3v) is 7.09. The number of halogens is 2. The maximum Gasteiger partial charge on any atom is 0.138 e. The minimum atomic E-state index is -1.02. The minimum Gasteiger partial charge on any atom is -0.372 e. The Morgan fingerprint density at radius 1 is 1.03 bits per heavy atom. The van der Waals surface area contributed by atoms with Crippen molar-refractivity contribution in [1.29, 1.82) is 0 Å². The first-order valence-corrected chi connectivity index (χ1v) is 11.9. The maximum atomic E-state index is 15.4. The van der Waals surface area contributed by atoms with E-state index in [1.165, 1.54) is 5.56 Å². The van der Waals surface area contributed by atoms with Gasteiger partial charge in [0.05, 0.1) is 0 Å². The molecule has 0 radical (unpaired) electrons. The summed E-state index contributed by atoms with van der Waals surface area (Å²) in [5.41, 5.74) is 8.86. The van der Waals surface area contributed by atoms with E-state index in [0.717, 1.165) is 71.7 Å². The molecule has 4 heteroatoms. The van der Waals surface area contributed by atoms with Gasteiger partial charge in [-0.1, -0.05) is 43.9 Å². The van der Waals surface area contributed by atoms with Crippen molar-refractivity contribution < 1.29 is 8.78 Å². The van der Waals surface area contributed by atoms with Crippen LogP contribution in [0.4, 0.5) is 8.78 Å². The highest BCUT2D eigenvalue weighted by atomic mass is 19.1. The lowest BCUT2D eigenvalue weighted by molar-refractivity contribution is 0.124. The van der Waals surface area contributed by atoms with E-state index in [2.05, 4.69) is 29.9 Å². The summed E-state index contributed by atoms with van der Waals surface area (Å²) in [4.78, 5) is 4.39.